The standard InChI is InChI=1S/C12H16ClN3/c1-9(2-5-13)16-8-10-3-6-14-12-11(10)4-7-15-12/h3-4,6-7,9,16H,2,5,8H2,1H3,(H,14,15). The lowest BCUT2D eigenvalue weighted by molar-refractivity contribution is 0.537. The van der Waals surface area contributed by atoms with Crippen LogP contribution in [0.3, 0.4) is 0 Å². The lowest BCUT2D eigenvalue weighted by atomic mass is 10.1. The zero-order chi connectivity index (χ0) is 11.4. The highest BCUT2D eigenvalue weighted by Crippen LogP contribution is 2.14. The van der Waals surface area contributed by atoms with Crippen molar-refractivity contribution in [3.05, 3.63) is 30.1 Å². The first-order valence-corrected chi connectivity index (χ1v) is 6.05. The largest absolute Gasteiger partial charge is 0.346 e. The number of fused-ring (bicyclic) bond motifs is 1. The quantitative estimate of drug-likeness (QED) is 0.785. The van der Waals surface area contributed by atoms with Gasteiger partial charge in [0, 0.05) is 36.2 Å². The van der Waals surface area contributed by atoms with Crippen molar-refractivity contribution in [1.29, 1.82) is 0 Å². The van der Waals surface area contributed by atoms with Gasteiger partial charge in [-0.1, -0.05) is 0 Å². The number of nitrogens with zero attached hydrogens (tertiary/aromatic N) is 1. The third kappa shape index (κ3) is 2.54. The van der Waals surface area contributed by atoms with Crippen LogP contribution in [0.15, 0.2) is 24.5 Å². The number of hydrogen-bond acceptors (Lipinski definition) is 2. The monoisotopic (exact) mass is 237 g/mol. The molecule has 2 rings (SSSR count). The van der Waals surface area contributed by atoms with Crippen LogP contribution in [0.1, 0.15) is 18.9 Å². The molecule has 2 N–H and O–H groups in total. The first kappa shape index (κ1) is 11.4. The lowest BCUT2D eigenvalue weighted by Crippen LogP contribution is -2.25. The Bertz CT molecular complexity index is 452. The molecular weight excluding hydrogens is 222 g/mol. The number of halogens is 1. The fourth-order valence-electron chi connectivity index (χ4n) is 1.72. The summed E-state index contributed by atoms with van der Waals surface area (Å²) >= 11 is 5.70. The molecule has 0 spiro atoms. The van der Waals surface area contributed by atoms with E-state index in [-0.39, 0.29) is 0 Å². The van der Waals surface area contributed by atoms with Gasteiger partial charge in [0.05, 0.1) is 0 Å². The van der Waals surface area contributed by atoms with E-state index >= 15 is 0 Å². The van der Waals surface area contributed by atoms with Gasteiger partial charge in [-0.2, -0.15) is 0 Å². The maximum Gasteiger partial charge on any atom is 0.137 e. The smallest absolute Gasteiger partial charge is 0.137 e. The van der Waals surface area contributed by atoms with Crippen LogP contribution in [-0.4, -0.2) is 21.9 Å². The molecule has 0 aliphatic carbocycles. The van der Waals surface area contributed by atoms with Gasteiger partial charge in [-0.05, 0) is 31.0 Å². The Morgan fingerprint density at radius 2 is 2.38 bits per heavy atom. The number of pyridine rings is 1. The molecule has 86 valence electrons. The molecule has 1 atom stereocenters. The van der Waals surface area contributed by atoms with Crippen molar-refractivity contribution in [2.45, 2.75) is 25.9 Å². The summed E-state index contributed by atoms with van der Waals surface area (Å²) in [5.41, 5.74) is 2.22. The number of H-pyrrole nitrogens is 1. The van der Waals surface area contributed by atoms with Crippen molar-refractivity contribution in [2.75, 3.05) is 5.88 Å². The van der Waals surface area contributed by atoms with Crippen LogP contribution in [0.4, 0.5) is 0 Å². The molecule has 16 heavy (non-hydrogen) atoms. The van der Waals surface area contributed by atoms with Crippen molar-refractivity contribution in [3.63, 3.8) is 0 Å². The van der Waals surface area contributed by atoms with Gasteiger partial charge in [0.1, 0.15) is 5.65 Å². The Balaban J connectivity index is 2.06. The van der Waals surface area contributed by atoms with Gasteiger partial charge in [0.2, 0.25) is 0 Å². The minimum atomic E-state index is 0.444. The highest BCUT2D eigenvalue weighted by atomic mass is 35.5. The molecule has 2 aromatic rings. The molecule has 0 bridgehead atoms. The molecule has 0 aliphatic heterocycles. The summed E-state index contributed by atoms with van der Waals surface area (Å²) in [7, 11) is 0. The highest BCUT2D eigenvalue weighted by Gasteiger charge is 2.04. The molecule has 0 radical (unpaired) electrons. The predicted molar refractivity (Wildman–Crippen MR) is 67.7 cm³/mol. The Morgan fingerprint density at radius 1 is 1.50 bits per heavy atom. The number of aromatic amines is 1. The van der Waals surface area contributed by atoms with Crippen LogP contribution in [0.5, 0.6) is 0 Å². The number of nitrogens with one attached hydrogen (secondary N) is 2. The molecule has 1 unspecified atom stereocenters. The minimum Gasteiger partial charge on any atom is -0.346 e. The van der Waals surface area contributed by atoms with Crippen LogP contribution in [0.2, 0.25) is 0 Å². The Kier molecular flexibility index (Phi) is 3.80. The Labute approximate surface area is 100 Å². The van der Waals surface area contributed by atoms with E-state index in [4.69, 9.17) is 11.6 Å². The van der Waals surface area contributed by atoms with Crippen LogP contribution in [-0.2, 0) is 6.54 Å². The van der Waals surface area contributed by atoms with Crippen LogP contribution in [0.25, 0.3) is 11.0 Å². The van der Waals surface area contributed by atoms with Gasteiger partial charge < -0.3 is 10.3 Å². The zero-order valence-electron chi connectivity index (χ0n) is 9.33. The number of hydrogen-bond donors (Lipinski definition) is 2. The molecule has 0 aromatic carbocycles. The van der Waals surface area contributed by atoms with Gasteiger partial charge in [-0.15, -0.1) is 11.6 Å². The van der Waals surface area contributed by atoms with Crippen LogP contribution >= 0.6 is 11.6 Å². The summed E-state index contributed by atoms with van der Waals surface area (Å²) in [6, 6.07) is 4.56. The fraction of sp³-hybridized carbons (Fsp3) is 0.417. The van der Waals surface area contributed by atoms with Gasteiger partial charge in [-0.25, -0.2) is 4.98 Å². The Hall–Kier alpha value is -1.06. The molecule has 0 saturated carbocycles. The zero-order valence-corrected chi connectivity index (χ0v) is 10.1. The predicted octanol–water partition coefficient (Wildman–Crippen LogP) is 2.67. The van der Waals surface area contributed by atoms with Crippen molar-refractivity contribution in [3.8, 4) is 0 Å². The van der Waals surface area contributed by atoms with E-state index in [1.165, 1.54) is 10.9 Å². The fourth-order valence-corrected chi connectivity index (χ4v) is 2.05. The number of alkyl halides is 1. The molecule has 0 amide bonds. The second-order valence-corrected chi connectivity index (χ2v) is 4.35. The maximum atomic E-state index is 5.70. The van der Waals surface area contributed by atoms with Gasteiger partial charge >= 0.3 is 0 Å². The van der Waals surface area contributed by atoms with Gasteiger partial charge in [0.15, 0.2) is 0 Å². The summed E-state index contributed by atoms with van der Waals surface area (Å²) < 4.78 is 0. The average Bonchev–Trinajstić information content (AvgIpc) is 2.75. The van der Waals surface area contributed by atoms with Crippen LogP contribution < -0.4 is 5.32 Å². The molecule has 3 nitrogen and oxygen atoms in total. The summed E-state index contributed by atoms with van der Waals surface area (Å²) in [5, 5.41) is 4.64. The number of aromatic nitrogens is 2. The van der Waals surface area contributed by atoms with Crippen molar-refractivity contribution in [1.82, 2.24) is 15.3 Å². The average molecular weight is 238 g/mol. The van der Waals surface area contributed by atoms with E-state index in [9.17, 15) is 0 Å². The molecule has 2 aromatic heterocycles. The van der Waals surface area contributed by atoms with Gasteiger partial charge in [-0.3, -0.25) is 0 Å². The normalized spacial score (nSPS) is 13.1. The molecular formula is C12H16ClN3. The summed E-state index contributed by atoms with van der Waals surface area (Å²) in [4.78, 5) is 7.37. The molecule has 4 heteroatoms. The van der Waals surface area contributed by atoms with E-state index < -0.39 is 0 Å². The van der Waals surface area contributed by atoms with Crippen molar-refractivity contribution < 1.29 is 0 Å². The SMILES string of the molecule is CC(CCCl)NCc1ccnc2[nH]ccc12. The topological polar surface area (TPSA) is 40.7 Å². The summed E-state index contributed by atoms with van der Waals surface area (Å²) in [6.45, 7) is 3.01. The second-order valence-electron chi connectivity index (χ2n) is 3.97. The van der Waals surface area contributed by atoms with E-state index in [1.54, 1.807) is 0 Å². The van der Waals surface area contributed by atoms with E-state index in [2.05, 4.69) is 34.3 Å². The molecule has 0 saturated heterocycles. The van der Waals surface area contributed by atoms with E-state index in [0.717, 1.165) is 18.6 Å². The first-order chi connectivity index (χ1) is 7.81. The maximum absolute atomic E-state index is 5.70. The van der Waals surface area contributed by atoms with E-state index in [1.807, 2.05) is 12.4 Å². The third-order valence-electron chi connectivity index (χ3n) is 2.73. The third-order valence-corrected chi connectivity index (χ3v) is 2.95. The number of rotatable bonds is 5. The lowest BCUT2D eigenvalue weighted by Gasteiger charge is -2.12. The highest BCUT2D eigenvalue weighted by molar-refractivity contribution is 6.17. The van der Waals surface area contributed by atoms with Crippen molar-refractivity contribution in [2.24, 2.45) is 0 Å². The summed E-state index contributed by atoms with van der Waals surface area (Å²) in [6.07, 6.45) is 4.74. The Morgan fingerprint density at radius 3 is 3.19 bits per heavy atom. The van der Waals surface area contributed by atoms with Crippen LogP contribution in [0, 0.1) is 0 Å². The minimum absolute atomic E-state index is 0.444. The first-order valence-electron chi connectivity index (χ1n) is 5.51. The molecule has 0 fully saturated rings. The summed E-state index contributed by atoms with van der Waals surface area (Å²) in [5.74, 6) is 0.698. The van der Waals surface area contributed by atoms with E-state index in [0.29, 0.717) is 11.9 Å². The molecule has 0 aliphatic rings. The molecule has 2 heterocycles. The van der Waals surface area contributed by atoms with Gasteiger partial charge in [0.25, 0.3) is 0 Å². The second kappa shape index (κ2) is 5.32. The van der Waals surface area contributed by atoms with Crippen molar-refractivity contribution >= 4 is 22.6 Å².